The van der Waals surface area contributed by atoms with Crippen molar-refractivity contribution < 1.29 is 0 Å². The van der Waals surface area contributed by atoms with Gasteiger partial charge in [0, 0.05) is 44.5 Å². The molecule has 110 valence electrons. The second-order valence-corrected chi connectivity index (χ2v) is 5.67. The Labute approximate surface area is 122 Å². The molecule has 1 aromatic rings. The van der Waals surface area contributed by atoms with E-state index in [-0.39, 0.29) is 0 Å². The van der Waals surface area contributed by atoms with Crippen molar-refractivity contribution in [3.05, 3.63) is 30.1 Å². The fraction of sp³-hybridized carbons (Fsp3) is 0.625. The maximum Gasteiger partial charge on any atom is 0.0635 e. The molecule has 1 aromatic heterocycles. The van der Waals surface area contributed by atoms with E-state index < -0.39 is 0 Å². The van der Waals surface area contributed by atoms with E-state index in [2.05, 4.69) is 48.1 Å². The molecule has 20 heavy (non-hydrogen) atoms. The maximum absolute atomic E-state index is 8.79. The van der Waals surface area contributed by atoms with E-state index in [1.807, 2.05) is 12.3 Å². The van der Waals surface area contributed by atoms with Gasteiger partial charge < -0.3 is 5.32 Å². The van der Waals surface area contributed by atoms with Crippen molar-refractivity contribution in [2.75, 3.05) is 19.6 Å². The van der Waals surface area contributed by atoms with Crippen LogP contribution in [0.3, 0.4) is 0 Å². The minimum atomic E-state index is 0.517. The molecule has 0 bridgehead atoms. The van der Waals surface area contributed by atoms with Gasteiger partial charge in [-0.15, -0.1) is 0 Å². The maximum atomic E-state index is 8.79. The number of nitriles is 1. The van der Waals surface area contributed by atoms with Crippen LogP contribution in [0.1, 0.15) is 32.8 Å². The summed E-state index contributed by atoms with van der Waals surface area (Å²) in [6.45, 7) is 10.3. The van der Waals surface area contributed by atoms with E-state index in [4.69, 9.17) is 5.26 Å². The number of aromatic nitrogens is 1. The summed E-state index contributed by atoms with van der Waals surface area (Å²) in [6, 6.07) is 6.80. The lowest BCUT2D eigenvalue weighted by Crippen LogP contribution is -2.35. The summed E-state index contributed by atoms with van der Waals surface area (Å²) in [7, 11) is 0. The molecule has 0 aromatic carbocycles. The van der Waals surface area contributed by atoms with Crippen LogP contribution in [0, 0.1) is 17.2 Å². The fourth-order valence-electron chi connectivity index (χ4n) is 2.14. The number of rotatable bonds is 9. The lowest BCUT2D eigenvalue weighted by atomic mass is 10.1. The molecular formula is C16H26N4. The first-order valence-electron chi connectivity index (χ1n) is 7.33. The Morgan fingerprint density at radius 1 is 1.40 bits per heavy atom. The minimum absolute atomic E-state index is 0.517. The molecule has 0 aliphatic carbocycles. The monoisotopic (exact) mass is 274 g/mol. The molecule has 1 heterocycles. The highest BCUT2D eigenvalue weighted by atomic mass is 15.1. The van der Waals surface area contributed by atoms with Crippen LogP contribution in [0.5, 0.6) is 0 Å². The smallest absolute Gasteiger partial charge is 0.0635 e. The Kier molecular flexibility index (Phi) is 7.86. The SMILES string of the molecule is CC(CNC(C)C)CN(CCC#N)Cc1cccnc1. The molecule has 0 fully saturated rings. The molecule has 0 amide bonds. The van der Waals surface area contributed by atoms with E-state index >= 15 is 0 Å². The second-order valence-electron chi connectivity index (χ2n) is 5.67. The molecule has 0 spiro atoms. The molecule has 0 aliphatic rings. The Morgan fingerprint density at radius 2 is 2.20 bits per heavy atom. The molecule has 1 atom stereocenters. The summed E-state index contributed by atoms with van der Waals surface area (Å²) in [4.78, 5) is 6.49. The highest BCUT2D eigenvalue weighted by molar-refractivity contribution is 5.08. The second kappa shape index (κ2) is 9.46. The predicted octanol–water partition coefficient (Wildman–Crippen LogP) is 2.43. The van der Waals surface area contributed by atoms with E-state index in [0.29, 0.717) is 18.4 Å². The van der Waals surface area contributed by atoms with Crippen molar-refractivity contribution in [2.45, 2.75) is 39.8 Å². The van der Waals surface area contributed by atoms with Gasteiger partial charge in [0.15, 0.2) is 0 Å². The highest BCUT2D eigenvalue weighted by Crippen LogP contribution is 2.07. The minimum Gasteiger partial charge on any atom is -0.314 e. The molecule has 1 rings (SSSR count). The first-order chi connectivity index (χ1) is 9.61. The predicted molar refractivity (Wildman–Crippen MR) is 82.0 cm³/mol. The molecule has 1 N–H and O–H groups in total. The van der Waals surface area contributed by atoms with Gasteiger partial charge >= 0.3 is 0 Å². The van der Waals surface area contributed by atoms with Gasteiger partial charge in [-0.05, 0) is 24.1 Å². The Morgan fingerprint density at radius 3 is 2.80 bits per heavy atom. The third-order valence-electron chi connectivity index (χ3n) is 3.11. The van der Waals surface area contributed by atoms with Gasteiger partial charge in [0.05, 0.1) is 6.07 Å². The van der Waals surface area contributed by atoms with E-state index in [1.54, 1.807) is 6.20 Å². The van der Waals surface area contributed by atoms with E-state index in [9.17, 15) is 0 Å². The van der Waals surface area contributed by atoms with Crippen LogP contribution in [-0.4, -0.2) is 35.6 Å². The van der Waals surface area contributed by atoms with E-state index in [0.717, 1.165) is 26.2 Å². The van der Waals surface area contributed by atoms with Gasteiger partial charge in [-0.25, -0.2) is 0 Å². The first-order valence-corrected chi connectivity index (χ1v) is 7.33. The lowest BCUT2D eigenvalue weighted by Gasteiger charge is -2.25. The summed E-state index contributed by atoms with van der Waals surface area (Å²) in [6.07, 6.45) is 4.26. The summed E-state index contributed by atoms with van der Waals surface area (Å²) >= 11 is 0. The molecule has 4 nitrogen and oxygen atoms in total. The number of pyridine rings is 1. The first kappa shape index (κ1) is 16.6. The van der Waals surface area contributed by atoms with Crippen molar-refractivity contribution in [3.8, 4) is 6.07 Å². The van der Waals surface area contributed by atoms with Crippen LogP contribution in [0.4, 0.5) is 0 Å². The molecule has 0 saturated heterocycles. The van der Waals surface area contributed by atoms with Crippen molar-refractivity contribution in [1.82, 2.24) is 15.2 Å². The van der Waals surface area contributed by atoms with Gasteiger partial charge in [0.1, 0.15) is 0 Å². The third kappa shape index (κ3) is 7.22. The van der Waals surface area contributed by atoms with Crippen LogP contribution in [0.15, 0.2) is 24.5 Å². The summed E-state index contributed by atoms with van der Waals surface area (Å²) in [5.41, 5.74) is 1.20. The fourth-order valence-corrected chi connectivity index (χ4v) is 2.14. The van der Waals surface area contributed by atoms with Crippen LogP contribution in [0.2, 0.25) is 0 Å². The largest absolute Gasteiger partial charge is 0.314 e. The number of nitrogens with one attached hydrogen (secondary N) is 1. The normalized spacial score (nSPS) is 12.6. The summed E-state index contributed by atoms with van der Waals surface area (Å²) < 4.78 is 0. The van der Waals surface area contributed by atoms with Gasteiger partial charge in [0.25, 0.3) is 0 Å². The van der Waals surface area contributed by atoms with Crippen molar-refractivity contribution >= 4 is 0 Å². The average molecular weight is 274 g/mol. The topological polar surface area (TPSA) is 52.0 Å². The summed E-state index contributed by atoms with van der Waals surface area (Å²) in [5.74, 6) is 0.563. The van der Waals surface area contributed by atoms with Crippen LogP contribution in [-0.2, 0) is 6.54 Å². The van der Waals surface area contributed by atoms with Crippen LogP contribution < -0.4 is 5.32 Å². The zero-order chi connectivity index (χ0) is 14.8. The van der Waals surface area contributed by atoms with Crippen molar-refractivity contribution in [2.24, 2.45) is 5.92 Å². The quantitative estimate of drug-likeness (QED) is 0.751. The van der Waals surface area contributed by atoms with Crippen molar-refractivity contribution in [3.63, 3.8) is 0 Å². The van der Waals surface area contributed by atoms with E-state index in [1.165, 1.54) is 5.56 Å². The van der Waals surface area contributed by atoms with Gasteiger partial charge in [-0.1, -0.05) is 26.8 Å². The molecule has 4 heteroatoms. The third-order valence-corrected chi connectivity index (χ3v) is 3.11. The van der Waals surface area contributed by atoms with Gasteiger partial charge in [-0.2, -0.15) is 5.26 Å². The Bertz CT molecular complexity index is 397. The van der Waals surface area contributed by atoms with Gasteiger partial charge in [-0.3, -0.25) is 9.88 Å². The molecular weight excluding hydrogens is 248 g/mol. The highest BCUT2D eigenvalue weighted by Gasteiger charge is 2.11. The number of hydrogen-bond donors (Lipinski definition) is 1. The van der Waals surface area contributed by atoms with Crippen LogP contribution >= 0.6 is 0 Å². The Balaban J connectivity index is 2.49. The average Bonchev–Trinajstić information content (AvgIpc) is 2.43. The zero-order valence-electron chi connectivity index (χ0n) is 12.8. The van der Waals surface area contributed by atoms with Crippen LogP contribution in [0.25, 0.3) is 0 Å². The molecule has 0 radical (unpaired) electrons. The zero-order valence-corrected chi connectivity index (χ0v) is 12.8. The Hall–Kier alpha value is -1.44. The molecule has 0 saturated carbocycles. The standard InChI is InChI=1S/C16H26N4/c1-14(2)19-10-15(3)12-20(9-5-7-17)13-16-6-4-8-18-11-16/h4,6,8,11,14-15,19H,5,9-10,12-13H2,1-3H3. The molecule has 1 unspecified atom stereocenters. The lowest BCUT2D eigenvalue weighted by molar-refractivity contribution is 0.229. The molecule has 0 aliphatic heterocycles. The number of hydrogen-bond acceptors (Lipinski definition) is 4. The van der Waals surface area contributed by atoms with Gasteiger partial charge in [0.2, 0.25) is 0 Å². The summed E-state index contributed by atoms with van der Waals surface area (Å²) in [5, 5.41) is 12.3. The van der Waals surface area contributed by atoms with Crippen molar-refractivity contribution in [1.29, 1.82) is 5.26 Å². The number of nitrogens with zero attached hydrogens (tertiary/aromatic N) is 3.